The standard InChI is InChI=1S/C10H14N3S.ClHO4/c1-4-5-9-12-13-8(3)6-7(2)11-10(13)14-9;2-1(3,4)5/h6H,4-5H2,1-3H3;(H,2,3,4,5)/q+1;/p-1. The molecule has 0 atom stereocenters. The summed E-state index contributed by atoms with van der Waals surface area (Å²) in [6.07, 6.45) is 2.19. The molecule has 2 aromatic heterocycles. The molecule has 0 saturated heterocycles. The van der Waals surface area contributed by atoms with Crippen LogP contribution in [0.25, 0.3) is 4.96 Å². The number of fused-ring (bicyclic) bond motifs is 1. The van der Waals surface area contributed by atoms with E-state index in [0.717, 1.165) is 29.2 Å². The number of hydrogen-bond donors (Lipinski definition) is 0. The van der Waals surface area contributed by atoms with Gasteiger partial charge in [-0.3, -0.25) is 0 Å². The summed E-state index contributed by atoms with van der Waals surface area (Å²) in [6, 6.07) is 2.06. The molecule has 0 radical (unpaired) electrons. The Morgan fingerprint density at radius 3 is 2.37 bits per heavy atom. The van der Waals surface area contributed by atoms with Crippen LogP contribution in [-0.2, 0) is 6.42 Å². The second kappa shape index (κ2) is 6.51. The predicted molar refractivity (Wildman–Crippen MR) is 56.5 cm³/mol. The van der Waals surface area contributed by atoms with Gasteiger partial charge in [0.15, 0.2) is 5.69 Å². The molecule has 0 bridgehead atoms. The number of halogens is 1. The Kier molecular flexibility index (Phi) is 5.53. The molecule has 0 aromatic carbocycles. The van der Waals surface area contributed by atoms with Crippen molar-refractivity contribution in [2.24, 2.45) is 0 Å². The Hall–Kier alpha value is -0.900. The second-order valence-electron chi connectivity index (χ2n) is 3.86. The SMILES string of the molecule is CCCc1n[n+]2c(C)cc(C)nc2s1.[O-][Cl+3]([O-])([O-])[O-]. The van der Waals surface area contributed by atoms with Gasteiger partial charge in [-0.1, -0.05) is 16.5 Å². The zero-order valence-corrected chi connectivity index (χ0v) is 12.3. The fraction of sp³-hybridized carbons (Fsp3) is 0.500. The van der Waals surface area contributed by atoms with E-state index in [9.17, 15) is 0 Å². The zero-order chi connectivity index (χ0) is 14.6. The van der Waals surface area contributed by atoms with Crippen LogP contribution in [0.5, 0.6) is 0 Å². The third-order valence-electron chi connectivity index (χ3n) is 2.09. The Labute approximate surface area is 116 Å². The molecule has 106 valence electrons. The lowest BCUT2D eigenvalue weighted by atomic mass is 10.3. The molecule has 19 heavy (non-hydrogen) atoms. The molecular formula is C10H14ClN3O4S. The first kappa shape index (κ1) is 16.2. The van der Waals surface area contributed by atoms with E-state index in [1.54, 1.807) is 11.3 Å². The summed E-state index contributed by atoms with van der Waals surface area (Å²) in [6.45, 7) is 6.26. The van der Waals surface area contributed by atoms with E-state index in [1.807, 2.05) is 11.4 Å². The maximum absolute atomic E-state index is 8.49. The van der Waals surface area contributed by atoms with Gasteiger partial charge in [-0.15, -0.1) is 10.2 Å². The Bertz CT molecular complexity index is 549. The molecule has 9 heteroatoms. The Morgan fingerprint density at radius 1 is 1.26 bits per heavy atom. The smallest absolute Gasteiger partial charge is 0.222 e. The highest BCUT2D eigenvalue weighted by Crippen LogP contribution is 2.11. The molecule has 2 rings (SSSR count). The van der Waals surface area contributed by atoms with Gasteiger partial charge < -0.3 is 0 Å². The Morgan fingerprint density at radius 2 is 1.84 bits per heavy atom. The number of hydrogen-bond acceptors (Lipinski definition) is 7. The third kappa shape index (κ3) is 5.72. The first-order valence-electron chi connectivity index (χ1n) is 5.48. The monoisotopic (exact) mass is 307 g/mol. The summed E-state index contributed by atoms with van der Waals surface area (Å²) in [7, 11) is -4.94. The summed E-state index contributed by atoms with van der Waals surface area (Å²) >= 11 is 1.69. The van der Waals surface area contributed by atoms with Gasteiger partial charge in [0.05, 0.1) is 0 Å². The molecule has 0 amide bonds. The molecule has 2 aromatic rings. The number of aryl methyl sites for hydroxylation is 3. The van der Waals surface area contributed by atoms with Gasteiger partial charge in [-0.25, -0.2) is 18.6 Å². The van der Waals surface area contributed by atoms with Gasteiger partial charge in [0.25, 0.3) is 0 Å². The van der Waals surface area contributed by atoms with Crippen molar-refractivity contribution < 1.29 is 33.4 Å². The van der Waals surface area contributed by atoms with Crippen LogP contribution in [0.2, 0.25) is 0 Å². The lowest BCUT2D eigenvalue weighted by molar-refractivity contribution is -2.00. The normalized spacial score (nSPS) is 11.3. The molecule has 0 N–H and O–H groups in total. The van der Waals surface area contributed by atoms with Gasteiger partial charge in [0.1, 0.15) is 10.7 Å². The molecule has 0 spiro atoms. The zero-order valence-electron chi connectivity index (χ0n) is 10.8. The third-order valence-corrected chi connectivity index (χ3v) is 3.06. The molecule has 0 unspecified atom stereocenters. The van der Waals surface area contributed by atoms with E-state index in [2.05, 4.69) is 30.0 Å². The molecule has 0 aliphatic heterocycles. The minimum Gasteiger partial charge on any atom is -0.222 e. The first-order chi connectivity index (χ1) is 8.70. The molecule has 0 fully saturated rings. The van der Waals surface area contributed by atoms with Gasteiger partial charge in [-0.2, -0.15) is 0 Å². The van der Waals surface area contributed by atoms with Gasteiger partial charge >= 0.3 is 4.96 Å². The highest BCUT2D eigenvalue weighted by Gasteiger charge is 2.15. The van der Waals surface area contributed by atoms with E-state index in [0.29, 0.717) is 0 Å². The fourth-order valence-electron chi connectivity index (χ4n) is 1.48. The van der Waals surface area contributed by atoms with Crippen molar-refractivity contribution in [3.63, 3.8) is 0 Å². The van der Waals surface area contributed by atoms with Crippen LogP contribution in [-0.4, -0.2) is 10.1 Å². The minimum atomic E-state index is -4.94. The van der Waals surface area contributed by atoms with Crippen molar-refractivity contribution in [3.05, 3.63) is 22.5 Å². The predicted octanol–water partition coefficient (Wildman–Crippen LogP) is -2.91. The number of nitrogens with zero attached hydrogens (tertiary/aromatic N) is 3. The van der Waals surface area contributed by atoms with Crippen LogP contribution in [0.4, 0.5) is 0 Å². The maximum atomic E-state index is 8.49. The highest BCUT2D eigenvalue weighted by molar-refractivity contribution is 7.16. The second-order valence-corrected chi connectivity index (χ2v) is 5.65. The summed E-state index contributed by atoms with van der Waals surface area (Å²) < 4.78 is 35.9. The molecule has 0 aliphatic carbocycles. The van der Waals surface area contributed by atoms with Crippen LogP contribution in [0, 0.1) is 24.1 Å². The molecule has 2 heterocycles. The summed E-state index contributed by atoms with van der Waals surface area (Å²) in [4.78, 5) is 5.46. The molecule has 7 nitrogen and oxygen atoms in total. The van der Waals surface area contributed by atoms with Crippen LogP contribution < -0.4 is 23.2 Å². The van der Waals surface area contributed by atoms with Gasteiger partial charge in [0.2, 0.25) is 0 Å². The van der Waals surface area contributed by atoms with Crippen molar-refractivity contribution in [3.8, 4) is 0 Å². The lowest BCUT2D eigenvalue weighted by Gasteiger charge is -2.17. The van der Waals surface area contributed by atoms with Crippen molar-refractivity contribution in [2.45, 2.75) is 33.6 Å². The number of rotatable bonds is 2. The minimum absolute atomic E-state index is 1.01. The maximum Gasteiger partial charge on any atom is 0.410 e. The van der Waals surface area contributed by atoms with Crippen LogP contribution in [0.15, 0.2) is 6.07 Å². The summed E-state index contributed by atoms with van der Waals surface area (Å²) in [5.74, 6) is 0. The van der Waals surface area contributed by atoms with Crippen LogP contribution in [0.3, 0.4) is 0 Å². The van der Waals surface area contributed by atoms with Crippen LogP contribution >= 0.6 is 11.3 Å². The molecular weight excluding hydrogens is 294 g/mol. The molecule has 0 saturated carbocycles. The van der Waals surface area contributed by atoms with Crippen molar-refractivity contribution in [2.75, 3.05) is 0 Å². The summed E-state index contributed by atoms with van der Waals surface area (Å²) in [5.41, 5.74) is 2.22. The van der Waals surface area contributed by atoms with Gasteiger partial charge in [-0.05, 0) is 22.7 Å². The van der Waals surface area contributed by atoms with Crippen molar-refractivity contribution >= 4 is 16.3 Å². The first-order valence-corrected chi connectivity index (χ1v) is 7.53. The van der Waals surface area contributed by atoms with E-state index in [-0.39, 0.29) is 0 Å². The van der Waals surface area contributed by atoms with Gasteiger partial charge in [0, 0.05) is 26.3 Å². The average Bonchev–Trinajstić information content (AvgIpc) is 2.58. The highest BCUT2D eigenvalue weighted by atomic mass is 35.7. The summed E-state index contributed by atoms with van der Waals surface area (Å²) in [5, 5.41) is 5.69. The largest absolute Gasteiger partial charge is 0.410 e. The van der Waals surface area contributed by atoms with E-state index < -0.39 is 10.2 Å². The number of aromatic nitrogens is 3. The van der Waals surface area contributed by atoms with E-state index in [1.165, 1.54) is 5.01 Å². The quantitative estimate of drug-likeness (QED) is 0.548. The van der Waals surface area contributed by atoms with Crippen LogP contribution in [0.1, 0.15) is 29.7 Å². The molecule has 0 aliphatic rings. The van der Waals surface area contributed by atoms with E-state index in [4.69, 9.17) is 18.6 Å². The Balaban J connectivity index is 0.000000312. The van der Waals surface area contributed by atoms with E-state index >= 15 is 0 Å². The average molecular weight is 308 g/mol. The topological polar surface area (TPSA) is 122 Å². The van der Waals surface area contributed by atoms with Crippen molar-refractivity contribution in [1.82, 2.24) is 10.1 Å². The van der Waals surface area contributed by atoms with Crippen molar-refractivity contribution in [1.29, 1.82) is 0 Å². The fourth-order valence-corrected chi connectivity index (χ4v) is 2.59. The lowest BCUT2D eigenvalue weighted by Crippen LogP contribution is -2.68.